The Hall–Kier alpha value is -4.01. The molecular weight excluding hydrogens is 429 g/mol. The van der Waals surface area contributed by atoms with Gasteiger partial charge in [-0.25, -0.2) is 4.98 Å². The predicted octanol–water partition coefficient (Wildman–Crippen LogP) is 5.43. The number of hydrogen-bond donors (Lipinski definition) is 1. The number of rotatable bonds is 8. The van der Waals surface area contributed by atoms with Crippen molar-refractivity contribution in [3.63, 3.8) is 0 Å². The zero-order valence-electron chi connectivity index (χ0n) is 18.3. The van der Waals surface area contributed by atoms with Gasteiger partial charge in [-0.1, -0.05) is 13.2 Å². The minimum atomic E-state index is -4.52. The van der Waals surface area contributed by atoms with Gasteiger partial charge in [0.05, 0.1) is 18.4 Å². The molecule has 3 heterocycles. The van der Waals surface area contributed by atoms with E-state index in [1.165, 1.54) is 6.07 Å². The first-order valence-electron chi connectivity index (χ1n) is 9.92. The second kappa shape index (κ2) is 10.1. The number of nitrogens with zero attached hydrogens (tertiary/aromatic N) is 5. The van der Waals surface area contributed by atoms with Crippen LogP contribution in [0.1, 0.15) is 18.2 Å². The first kappa shape index (κ1) is 23.6. The smallest absolute Gasteiger partial charge is 0.374 e. The van der Waals surface area contributed by atoms with Crippen molar-refractivity contribution in [2.24, 2.45) is 0 Å². The molecule has 0 bridgehead atoms. The van der Waals surface area contributed by atoms with Crippen LogP contribution in [0.2, 0.25) is 0 Å². The van der Waals surface area contributed by atoms with Crippen LogP contribution in [-0.4, -0.2) is 38.4 Å². The summed E-state index contributed by atoms with van der Waals surface area (Å²) in [5.74, 6) is 0.606. The summed E-state index contributed by atoms with van der Waals surface area (Å²) < 4.78 is 39.1. The molecule has 170 valence electrons. The third-order valence-corrected chi connectivity index (χ3v) is 4.54. The van der Waals surface area contributed by atoms with Gasteiger partial charge in [-0.05, 0) is 47.9 Å². The highest BCUT2D eigenvalue weighted by atomic mass is 19.4. The number of aromatic nitrogens is 4. The number of allylic oxidation sites excluding steroid dienone is 2. The lowest BCUT2D eigenvalue weighted by Crippen LogP contribution is -2.19. The van der Waals surface area contributed by atoms with E-state index in [9.17, 15) is 13.2 Å². The Morgan fingerprint density at radius 3 is 2.45 bits per heavy atom. The zero-order chi connectivity index (χ0) is 24.0. The number of anilines is 1. The molecule has 33 heavy (non-hydrogen) atoms. The number of likely N-dealkylation sites (N-methyl/N-ethyl adjacent to an activating group) is 1. The molecule has 0 aromatic carbocycles. The van der Waals surface area contributed by atoms with E-state index in [0.29, 0.717) is 34.8 Å². The number of nitrogens with one attached hydrogen (secondary N) is 1. The summed E-state index contributed by atoms with van der Waals surface area (Å²) in [7, 11) is 1.80. The molecule has 0 aliphatic rings. The Morgan fingerprint density at radius 2 is 1.85 bits per heavy atom. The van der Waals surface area contributed by atoms with Gasteiger partial charge >= 0.3 is 6.18 Å². The number of hydrogen-bond acceptors (Lipinski definition) is 6. The lowest BCUT2D eigenvalue weighted by molar-refractivity contribution is -0.141. The standard InChI is InChI=1S/C24H23F3N6/c1-16(2)20(18-7-8-30-22(11-18)24(25,26)27)15-33(4)14-17(3)32-23-6-5-19(12-31-23)21-13-28-9-10-29-21/h5-13,15H,1,3,14H2,2,4H3,(H,31,32)/b20-15+. The van der Waals surface area contributed by atoms with E-state index in [0.717, 1.165) is 23.5 Å². The van der Waals surface area contributed by atoms with E-state index in [2.05, 4.69) is 38.4 Å². The molecule has 6 nitrogen and oxygen atoms in total. The summed E-state index contributed by atoms with van der Waals surface area (Å²) in [6.45, 7) is 10.0. The summed E-state index contributed by atoms with van der Waals surface area (Å²) in [6, 6.07) is 6.22. The van der Waals surface area contributed by atoms with Crippen LogP contribution in [0, 0.1) is 0 Å². The fraction of sp³-hybridized carbons (Fsp3) is 0.167. The maximum Gasteiger partial charge on any atom is 0.433 e. The van der Waals surface area contributed by atoms with E-state index < -0.39 is 11.9 Å². The molecule has 3 aromatic rings. The fourth-order valence-corrected chi connectivity index (χ4v) is 3.04. The Labute approximate surface area is 190 Å². The van der Waals surface area contributed by atoms with Gasteiger partial charge < -0.3 is 10.2 Å². The Morgan fingerprint density at radius 1 is 1.06 bits per heavy atom. The van der Waals surface area contributed by atoms with Crippen LogP contribution in [0.4, 0.5) is 19.0 Å². The summed E-state index contributed by atoms with van der Waals surface area (Å²) in [4.78, 5) is 17.9. The van der Waals surface area contributed by atoms with E-state index in [1.807, 2.05) is 6.07 Å². The zero-order valence-corrected chi connectivity index (χ0v) is 18.3. The Kier molecular flexibility index (Phi) is 7.22. The molecule has 3 aromatic heterocycles. The van der Waals surface area contributed by atoms with Crippen LogP contribution in [0.5, 0.6) is 0 Å². The van der Waals surface area contributed by atoms with Crippen LogP contribution >= 0.6 is 0 Å². The Bertz CT molecular complexity index is 1150. The van der Waals surface area contributed by atoms with E-state index in [-0.39, 0.29) is 0 Å². The van der Waals surface area contributed by atoms with Gasteiger partial charge in [0.25, 0.3) is 0 Å². The molecule has 0 fully saturated rings. The fourth-order valence-electron chi connectivity index (χ4n) is 3.04. The van der Waals surface area contributed by atoms with Crippen molar-refractivity contribution in [3.8, 4) is 11.3 Å². The quantitative estimate of drug-likeness (QED) is 0.460. The van der Waals surface area contributed by atoms with Crippen molar-refractivity contribution in [2.45, 2.75) is 13.1 Å². The number of pyridine rings is 2. The molecule has 3 rings (SSSR count). The molecule has 0 saturated carbocycles. The van der Waals surface area contributed by atoms with Crippen LogP contribution in [-0.2, 0) is 6.18 Å². The maximum atomic E-state index is 13.0. The minimum Gasteiger partial charge on any atom is -0.374 e. The monoisotopic (exact) mass is 452 g/mol. The summed E-state index contributed by atoms with van der Waals surface area (Å²) >= 11 is 0. The van der Waals surface area contributed by atoms with Gasteiger partial charge in [0.15, 0.2) is 0 Å². The predicted molar refractivity (Wildman–Crippen MR) is 123 cm³/mol. The average molecular weight is 452 g/mol. The van der Waals surface area contributed by atoms with Gasteiger partial charge in [-0.2, -0.15) is 13.2 Å². The van der Waals surface area contributed by atoms with Crippen LogP contribution in [0.25, 0.3) is 16.8 Å². The van der Waals surface area contributed by atoms with Crippen molar-refractivity contribution in [3.05, 3.63) is 97.1 Å². The highest BCUT2D eigenvalue weighted by Gasteiger charge is 2.32. The second-order valence-corrected chi connectivity index (χ2v) is 7.42. The topological polar surface area (TPSA) is 66.8 Å². The van der Waals surface area contributed by atoms with Crippen LogP contribution < -0.4 is 5.32 Å². The van der Waals surface area contributed by atoms with Crippen molar-refractivity contribution in [1.29, 1.82) is 0 Å². The third kappa shape index (κ3) is 6.49. The molecule has 9 heteroatoms. The molecular formula is C24H23F3N6. The minimum absolute atomic E-state index is 0.386. The molecule has 0 unspecified atom stereocenters. The lowest BCUT2D eigenvalue weighted by atomic mass is 10.0. The first-order chi connectivity index (χ1) is 15.6. The van der Waals surface area contributed by atoms with Crippen molar-refractivity contribution < 1.29 is 13.2 Å². The summed E-state index contributed by atoms with van der Waals surface area (Å²) in [6.07, 6.45) is 4.91. The summed E-state index contributed by atoms with van der Waals surface area (Å²) in [5.41, 5.74) is 2.85. The normalized spacial score (nSPS) is 11.7. The molecule has 0 aliphatic carbocycles. The maximum absolute atomic E-state index is 13.0. The van der Waals surface area contributed by atoms with Crippen molar-refractivity contribution >= 4 is 11.4 Å². The lowest BCUT2D eigenvalue weighted by Gasteiger charge is -2.20. The second-order valence-electron chi connectivity index (χ2n) is 7.42. The van der Waals surface area contributed by atoms with E-state index in [4.69, 9.17) is 0 Å². The van der Waals surface area contributed by atoms with Gasteiger partial charge in [0, 0.05) is 49.3 Å². The number of alkyl halides is 3. The van der Waals surface area contributed by atoms with Crippen LogP contribution in [0.3, 0.4) is 0 Å². The molecule has 0 radical (unpaired) electrons. The molecule has 1 N–H and O–H groups in total. The summed E-state index contributed by atoms with van der Waals surface area (Å²) in [5, 5.41) is 3.13. The van der Waals surface area contributed by atoms with Crippen LogP contribution in [0.15, 0.2) is 85.9 Å². The molecule has 0 atom stereocenters. The van der Waals surface area contributed by atoms with Crippen molar-refractivity contribution in [2.75, 3.05) is 18.9 Å². The molecule has 0 saturated heterocycles. The third-order valence-electron chi connectivity index (χ3n) is 4.54. The number of halogens is 3. The largest absolute Gasteiger partial charge is 0.433 e. The van der Waals surface area contributed by atoms with Gasteiger partial charge in [-0.15, -0.1) is 0 Å². The molecule has 0 spiro atoms. The van der Waals surface area contributed by atoms with Crippen molar-refractivity contribution in [1.82, 2.24) is 24.8 Å². The van der Waals surface area contributed by atoms with Gasteiger partial charge in [0.2, 0.25) is 0 Å². The van der Waals surface area contributed by atoms with E-state index >= 15 is 0 Å². The van der Waals surface area contributed by atoms with Gasteiger partial charge in [0.1, 0.15) is 11.5 Å². The molecule has 0 aliphatic heterocycles. The highest BCUT2D eigenvalue weighted by molar-refractivity contribution is 5.77. The first-order valence-corrected chi connectivity index (χ1v) is 9.92. The van der Waals surface area contributed by atoms with Gasteiger partial charge in [-0.3, -0.25) is 15.0 Å². The Balaban J connectivity index is 1.68. The average Bonchev–Trinajstić information content (AvgIpc) is 2.78. The SMILES string of the molecule is C=C(CN(C)/C=C(\C(=C)C)c1ccnc(C(F)(F)F)c1)Nc1ccc(-c2cnccn2)cn1. The highest BCUT2D eigenvalue weighted by Crippen LogP contribution is 2.30. The van der Waals surface area contributed by atoms with E-state index in [1.54, 1.807) is 55.9 Å². The molecule has 0 amide bonds.